The van der Waals surface area contributed by atoms with Crippen LogP contribution < -0.4 is 11.1 Å². The number of aromatic nitrogens is 2. The van der Waals surface area contributed by atoms with Gasteiger partial charge in [0.1, 0.15) is 11.5 Å². The number of nitrogens with zero attached hydrogens (tertiary/aromatic N) is 3. The highest BCUT2D eigenvalue weighted by Gasteiger charge is 2.26. The maximum Gasteiger partial charge on any atom is 0.212 e. The maximum atomic E-state index is 10.1. The highest BCUT2D eigenvalue weighted by Crippen LogP contribution is 2.36. The van der Waals surface area contributed by atoms with Gasteiger partial charge in [0.25, 0.3) is 0 Å². The van der Waals surface area contributed by atoms with Gasteiger partial charge in [-0.15, -0.1) is 0 Å². The van der Waals surface area contributed by atoms with Crippen LogP contribution in [0.2, 0.25) is 0 Å². The lowest BCUT2D eigenvalue weighted by molar-refractivity contribution is 0.438. The third-order valence-corrected chi connectivity index (χ3v) is 3.63. The van der Waals surface area contributed by atoms with Crippen LogP contribution in [-0.4, -0.2) is 25.7 Å². The van der Waals surface area contributed by atoms with Gasteiger partial charge in [-0.1, -0.05) is 12.1 Å². The van der Waals surface area contributed by atoms with Crippen molar-refractivity contribution in [2.75, 3.05) is 5.32 Å². The van der Waals surface area contributed by atoms with Gasteiger partial charge < -0.3 is 15.9 Å². The average Bonchev–Trinajstić information content (AvgIpc) is 2.84. The molecule has 0 amide bonds. The number of fused-ring (bicyclic) bond motifs is 3. The van der Waals surface area contributed by atoms with Crippen LogP contribution in [0.1, 0.15) is 11.7 Å². The Morgan fingerprint density at radius 1 is 1.14 bits per heavy atom. The summed E-state index contributed by atoms with van der Waals surface area (Å²) in [6.45, 7) is 0. The van der Waals surface area contributed by atoms with E-state index in [2.05, 4.69) is 15.3 Å². The Morgan fingerprint density at radius 2 is 1.95 bits per heavy atom. The molecule has 0 saturated heterocycles. The first kappa shape index (κ1) is 12.5. The summed E-state index contributed by atoms with van der Waals surface area (Å²) in [4.78, 5) is 8.86. The van der Waals surface area contributed by atoms with E-state index in [1.165, 1.54) is 12.1 Å². The van der Waals surface area contributed by atoms with Gasteiger partial charge >= 0.3 is 0 Å². The molecular formula is C15H13N5O2. The molecule has 0 spiro atoms. The number of guanidine groups is 1. The van der Waals surface area contributed by atoms with E-state index in [0.717, 1.165) is 11.0 Å². The summed E-state index contributed by atoms with van der Waals surface area (Å²) >= 11 is 0. The Hall–Kier alpha value is -3.22. The SMILES string of the molecule is NC1=NC(c2ccc(O)cc2O)n2c(nc3ccccc32)N1. The van der Waals surface area contributed by atoms with Crippen LogP contribution in [-0.2, 0) is 0 Å². The van der Waals surface area contributed by atoms with E-state index in [-0.39, 0.29) is 17.5 Å². The summed E-state index contributed by atoms with van der Waals surface area (Å²) < 4.78 is 1.86. The van der Waals surface area contributed by atoms with Crippen LogP contribution in [0, 0.1) is 0 Å². The van der Waals surface area contributed by atoms with Crippen LogP contribution >= 0.6 is 0 Å². The van der Waals surface area contributed by atoms with Gasteiger partial charge in [0, 0.05) is 11.6 Å². The van der Waals surface area contributed by atoms with Gasteiger partial charge in [0.2, 0.25) is 5.95 Å². The van der Waals surface area contributed by atoms with Crippen LogP contribution in [0.4, 0.5) is 5.95 Å². The molecule has 0 aliphatic carbocycles. The van der Waals surface area contributed by atoms with Crippen molar-refractivity contribution in [3.63, 3.8) is 0 Å². The number of nitrogens with two attached hydrogens (primary N) is 1. The summed E-state index contributed by atoms with van der Waals surface area (Å²) in [6, 6.07) is 12.0. The molecule has 1 aliphatic rings. The highest BCUT2D eigenvalue weighted by molar-refractivity contribution is 5.94. The van der Waals surface area contributed by atoms with Gasteiger partial charge in [-0.05, 0) is 24.3 Å². The maximum absolute atomic E-state index is 10.1. The number of hydrogen-bond acceptors (Lipinski definition) is 6. The van der Waals surface area contributed by atoms with Crippen LogP contribution in [0.25, 0.3) is 11.0 Å². The Balaban J connectivity index is 1.98. The van der Waals surface area contributed by atoms with Gasteiger partial charge in [0.15, 0.2) is 12.1 Å². The first-order valence-corrected chi connectivity index (χ1v) is 6.72. The molecule has 7 nitrogen and oxygen atoms in total. The van der Waals surface area contributed by atoms with E-state index < -0.39 is 6.17 Å². The summed E-state index contributed by atoms with van der Waals surface area (Å²) in [7, 11) is 0. The molecule has 2 heterocycles. The molecule has 0 bridgehead atoms. The number of aromatic hydroxyl groups is 2. The fourth-order valence-corrected chi connectivity index (χ4v) is 2.68. The monoisotopic (exact) mass is 295 g/mol. The van der Waals surface area contributed by atoms with Crippen LogP contribution in [0.3, 0.4) is 0 Å². The van der Waals surface area contributed by atoms with Gasteiger partial charge in [-0.3, -0.25) is 9.88 Å². The van der Waals surface area contributed by atoms with Crippen LogP contribution in [0.15, 0.2) is 47.5 Å². The molecule has 0 radical (unpaired) electrons. The molecule has 0 saturated carbocycles. The van der Waals surface area contributed by atoms with Crippen molar-refractivity contribution in [2.45, 2.75) is 6.17 Å². The lowest BCUT2D eigenvalue weighted by atomic mass is 10.1. The molecule has 1 aliphatic heterocycles. The standard InChI is InChI=1S/C15H13N5O2/c16-14-18-13(9-6-5-8(21)7-12(9)22)20-11-4-2-1-3-10(11)17-15(20)19-14/h1-7,13,21-22H,(H3,16,17,18,19). The smallest absolute Gasteiger partial charge is 0.212 e. The van der Waals surface area contributed by atoms with Crippen molar-refractivity contribution in [1.29, 1.82) is 0 Å². The molecule has 3 aromatic rings. The van der Waals surface area contributed by atoms with Crippen molar-refractivity contribution < 1.29 is 10.2 Å². The fraction of sp³-hybridized carbons (Fsp3) is 0.0667. The quantitative estimate of drug-likeness (QED) is 0.547. The number of aliphatic imine (C=N–C) groups is 1. The van der Waals surface area contributed by atoms with Crippen LogP contribution in [0.5, 0.6) is 11.5 Å². The molecule has 2 aromatic carbocycles. The number of phenols is 2. The van der Waals surface area contributed by atoms with Crippen molar-refractivity contribution in [1.82, 2.24) is 9.55 Å². The fourth-order valence-electron chi connectivity index (χ4n) is 2.68. The Labute approximate surface area is 125 Å². The molecule has 1 aromatic heterocycles. The zero-order valence-electron chi connectivity index (χ0n) is 11.4. The largest absolute Gasteiger partial charge is 0.508 e. The second-order valence-corrected chi connectivity index (χ2v) is 5.05. The van der Waals surface area contributed by atoms with Crippen molar-refractivity contribution in [3.05, 3.63) is 48.0 Å². The summed E-state index contributed by atoms with van der Waals surface area (Å²) in [5, 5.41) is 22.5. The van der Waals surface area contributed by atoms with Crippen molar-refractivity contribution >= 4 is 22.9 Å². The number of phenolic OH excluding ortho intramolecular Hbond substituents is 2. The lowest BCUT2D eigenvalue weighted by Gasteiger charge is -2.24. The molecule has 1 atom stereocenters. The second kappa shape index (κ2) is 4.39. The Bertz CT molecular complexity index is 915. The number of rotatable bonds is 1. The molecule has 22 heavy (non-hydrogen) atoms. The van der Waals surface area contributed by atoms with Crippen molar-refractivity contribution in [2.24, 2.45) is 10.7 Å². The van der Waals surface area contributed by atoms with E-state index in [1.54, 1.807) is 6.07 Å². The molecule has 1 unspecified atom stereocenters. The molecular weight excluding hydrogens is 282 g/mol. The minimum atomic E-state index is -0.552. The predicted molar refractivity (Wildman–Crippen MR) is 82.9 cm³/mol. The first-order valence-electron chi connectivity index (χ1n) is 6.72. The predicted octanol–water partition coefficient (Wildman–Crippen LogP) is 1.73. The van der Waals surface area contributed by atoms with E-state index in [0.29, 0.717) is 11.5 Å². The molecule has 4 rings (SSSR count). The topological polar surface area (TPSA) is 109 Å². The molecule has 7 heteroatoms. The van der Waals surface area contributed by atoms with Gasteiger partial charge in [0.05, 0.1) is 11.0 Å². The number of para-hydroxylation sites is 2. The number of anilines is 1. The highest BCUT2D eigenvalue weighted by atomic mass is 16.3. The van der Waals surface area contributed by atoms with E-state index >= 15 is 0 Å². The zero-order valence-corrected chi connectivity index (χ0v) is 11.4. The third kappa shape index (κ3) is 1.76. The normalized spacial score (nSPS) is 16.9. The number of imidazole rings is 1. The minimum absolute atomic E-state index is 0.0113. The number of benzene rings is 2. The van der Waals surface area contributed by atoms with E-state index in [4.69, 9.17) is 5.73 Å². The van der Waals surface area contributed by atoms with Crippen molar-refractivity contribution in [3.8, 4) is 11.5 Å². The Morgan fingerprint density at radius 3 is 2.77 bits per heavy atom. The third-order valence-electron chi connectivity index (χ3n) is 3.63. The van der Waals surface area contributed by atoms with E-state index in [9.17, 15) is 10.2 Å². The van der Waals surface area contributed by atoms with Gasteiger partial charge in [-0.25, -0.2) is 9.98 Å². The minimum Gasteiger partial charge on any atom is -0.508 e. The average molecular weight is 295 g/mol. The van der Waals surface area contributed by atoms with E-state index in [1.807, 2.05) is 28.8 Å². The summed E-state index contributed by atoms with van der Waals surface area (Å²) in [6.07, 6.45) is -0.552. The Kier molecular flexibility index (Phi) is 2.50. The number of hydrogen-bond donors (Lipinski definition) is 4. The molecule has 5 N–H and O–H groups in total. The molecule has 110 valence electrons. The number of nitrogens with one attached hydrogen (secondary N) is 1. The summed E-state index contributed by atoms with van der Waals surface area (Å²) in [5.41, 5.74) is 8.05. The zero-order chi connectivity index (χ0) is 15.3. The summed E-state index contributed by atoms with van der Waals surface area (Å²) in [5.74, 6) is 0.724. The molecule has 0 fully saturated rings. The second-order valence-electron chi connectivity index (χ2n) is 5.05. The lowest BCUT2D eigenvalue weighted by Crippen LogP contribution is -2.31. The van der Waals surface area contributed by atoms with Gasteiger partial charge in [-0.2, -0.15) is 0 Å². The first-order chi connectivity index (χ1) is 10.6.